The molecular formula is C20H22F3N5O4S. The summed E-state index contributed by atoms with van der Waals surface area (Å²) in [6, 6.07) is 6.19. The number of guanidine groups is 1. The van der Waals surface area contributed by atoms with Gasteiger partial charge in [-0.3, -0.25) is 13.9 Å². The van der Waals surface area contributed by atoms with Gasteiger partial charge >= 0.3 is 6.61 Å². The van der Waals surface area contributed by atoms with Gasteiger partial charge in [-0.05, 0) is 50.1 Å². The fraction of sp³-hybridized carbons (Fsp3) is 0.350. The van der Waals surface area contributed by atoms with E-state index in [-0.39, 0.29) is 28.7 Å². The minimum absolute atomic E-state index is 0.0439. The number of carbonyl (C=O) groups is 1. The largest absolute Gasteiger partial charge is 0.433 e. The molecule has 1 atom stereocenters. The number of nitrogens with zero attached hydrogens (tertiary/aromatic N) is 3. The number of hydrogen-bond donors (Lipinski definition) is 4. The fourth-order valence-corrected chi connectivity index (χ4v) is 6.26. The van der Waals surface area contributed by atoms with Gasteiger partial charge in [0, 0.05) is 18.3 Å². The molecule has 1 amide bonds. The Morgan fingerprint density at radius 1 is 1.30 bits per heavy atom. The first-order valence-electron chi connectivity index (χ1n) is 9.80. The van der Waals surface area contributed by atoms with Crippen molar-refractivity contribution in [3.05, 3.63) is 53.6 Å². The predicted octanol–water partition coefficient (Wildman–Crippen LogP) is 3.75. The Morgan fingerprint density at radius 3 is 2.58 bits per heavy atom. The maximum Gasteiger partial charge on any atom is 0.387 e. The molecule has 1 aliphatic carbocycles. The van der Waals surface area contributed by atoms with Gasteiger partial charge in [0.25, 0.3) is 5.91 Å². The molecule has 2 heterocycles. The van der Waals surface area contributed by atoms with E-state index in [9.17, 15) is 27.1 Å². The lowest BCUT2D eigenvalue weighted by Gasteiger charge is -2.56. The summed E-state index contributed by atoms with van der Waals surface area (Å²) in [6.45, 7) is -1.43. The third kappa shape index (κ3) is 3.65. The maximum absolute atomic E-state index is 15.0. The number of aromatic nitrogens is 1. The lowest BCUT2D eigenvalue weighted by atomic mass is 9.86. The zero-order valence-electron chi connectivity index (χ0n) is 17.6. The quantitative estimate of drug-likeness (QED) is 0.507. The van der Waals surface area contributed by atoms with Crippen molar-refractivity contribution in [1.29, 1.82) is 0 Å². The monoisotopic (exact) mass is 485 g/mol. The van der Waals surface area contributed by atoms with Crippen LogP contribution < -0.4 is 15.8 Å². The van der Waals surface area contributed by atoms with Crippen LogP contribution in [-0.4, -0.2) is 48.7 Å². The predicted molar refractivity (Wildman–Crippen MR) is 117 cm³/mol. The first-order valence-corrected chi connectivity index (χ1v) is 11.3. The number of nitrogens with two attached hydrogens (primary N) is 1. The maximum atomic E-state index is 15.0. The highest BCUT2D eigenvalue weighted by Gasteiger charge is 2.70. The molecule has 0 radical (unpaired) electrons. The molecule has 33 heavy (non-hydrogen) atoms. The van der Waals surface area contributed by atoms with Crippen LogP contribution in [0, 0.1) is 5.82 Å². The normalized spacial score (nSPS) is 23.8. The third-order valence-corrected chi connectivity index (χ3v) is 8.91. The number of carbonyl (C=O) groups excluding carboxylic acids is 1. The van der Waals surface area contributed by atoms with Crippen LogP contribution in [0.2, 0.25) is 0 Å². The highest BCUT2D eigenvalue weighted by atomic mass is 32.3. The number of alkyl halides is 2. The number of nitrogens with one attached hydrogen (secondary N) is 1. The van der Waals surface area contributed by atoms with Gasteiger partial charge in [-0.2, -0.15) is 8.78 Å². The van der Waals surface area contributed by atoms with Gasteiger partial charge in [0.1, 0.15) is 27.5 Å². The summed E-state index contributed by atoms with van der Waals surface area (Å²) < 4.78 is 65.5. The molecule has 2 aliphatic rings. The average Bonchev–Trinajstić information content (AvgIpc) is 3.56. The zero-order chi connectivity index (χ0) is 24.2. The number of halogens is 3. The van der Waals surface area contributed by atoms with E-state index in [1.165, 1.54) is 31.3 Å². The number of ether oxygens (including phenoxy) is 1. The Balaban J connectivity index is 1.64. The summed E-state index contributed by atoms with van der Waals surface area (Å²) in [4.78, 5) is 20.8. The summed E-state index contributed by atoms with van der Waals surface area (Å²) in [5.41, 5.74) is 4.70. The summed E-state index contributed by atoms with van der Waals surface area (Å²) in [6.07, 6.45) is 1.79. The van der Waals surface area contributed by atoms with Crippen molar-refractivity contribution in [2.24, 2.45) is 10.7 Å². The second-order valence-corrected chi connectivity index (χ2v) is 10.3. The second-order valence-electron chi connectivity index (χ2n) is 7.96. The Morgan fingerprint density at radius 2 is 2.00 bits per heavy atom. The van der Waals surface area contributed by atoms with Gasteiger partial charge in [0.05, 0.1) is 6.20 Å². The zero-order valence-corrected chi connectivity index (χ0v) is 18.4. The van der Waals surface area contributed by atoms with Crippen LogP contribution >= 0.6 is 10.8 Å². The van der Waals surface area contributed by atoms with Crippen molar-refractivity contribution in [2.45, 2.75) is 36.7 Å². The number of amides is 1. The van der Waals surface area contributed by atoms with Crippen molar-refractivity contribution in [2.75, 3.05) is 12.4 Å². The van der Waals surface area contributed by atoms with Gasteiger partial charge in [-0.1, -0.05) is 0 Å². The summed E-state index contributed by atoms with van der Waals surface area (Å²) in [5.74, 6) is -1.66. The average molecular weight is 485 g/mol. The molecule has 0 saturated heterocycles. The lowest BCUT2D eigenvalue weighted by molar-refractivity contribution is -0.0500. The van der Waals surface area contributed by atoms with E-state index in [1.807, 2.05) is 0 Å². The Hall–Kier alpha value is -3.03. The molecule has 178 valence electrons. The van der Waals surface area contributed by atoms with E-state index in [2.05, 4.69) is 20.0 Å². The van der Waals surface area contributed by atoms with Gasteiger partial charge in [0.15, 0.2) is 0 Å². The Labute approximate surface area is 188 Å². The van der Waals surface area contributed by atoms with E-state index < -0.39 is 39.4 Å². The first kappa shape index (κ1) is 23.1. The molecule has 1 spiro atoms. The molecule has 13 heteroatoms. The Bertz CT molecular complexity index is 1130. The van der Waals surface area contributed by atoms with Crippen LogP contribution in [0.4, 0.5) is 18.9 Å². The fourth-order valence-electron chi connectivity index (χ4n) is 4.10. The van der Waals surface area contributed by atoms with E-state index in [0.717, 1.165) is 16.6 Å². The number of rotatable bonds is 5. The topological polar surface area (TPSA) is 133 Å². The van der Waals surface area contributed by atoms with Crippen molar-refractivity contribution in [3.8, 4) is 5.75 Å². The van der Waals surface area contributed by atoms with Gasteiger partial charge < -0.3 is 15.8 Å². The van der Waals surface area contributed by atoms with Gasteiger partial charge in [-0.25, -0.2) is 18.7 Å². The van der Waals surface area contributed by atoms with E-state index in [0.29, 0.717) is 12.8 Å². The van der Waals surface area contributed by atoms with Crippen molar-refractivity contribution in [3.63, 3.8) is 0 Å². The van der Waals surface area contributed by atoms with Crippen LogP contribution in [0.3, 0.4) is 0 Å². The van der Waals surface area contributed by atoms with E-state index in [1.54, 1.807) is 6.92 Å². The molecule has 5 N–H and O–H groups in total. The SMILES string of the molecule is CN1C(N)=N[C@](C)(c2cc(NC(=O)c3ccc(OC(F)F)cn3)ccc2F)C2(CC2)S1(O)O. The first-order chi connectivity index (χ1) is 15.4. The molecule has 1 aromatic carbocycles. The minimum Gasteiger partial charge on any atom is -0.433 e. The van der Waals surface area contributed by atoms with Crippen molar-refractivity contribution in [1.82, 2.24) is 9.29 Å². The minimum atomic E-state index is -3.39. The van der Waals surface area contributed by atoms with E-state index >= 15 is 0 Å². The van der Waals surface area contributed by atoms with Crippen LogP contribution in [0.15, 0.2) is 41.5 Å². The van der Waals surface area contributed by atoms with Crippen molar-refractivity contribution < 1.29 is 31.8 Å². The summed E-state index contributed by atoms with van der Waals surface area (Å²) in [5, 5.41) is 2.57. The van der Waals surface area contributed by atoms with Crippen molar-refractivity contribution >= 4 is 28.3 Å². The van der Waals surface area contributed by atoms with Crippen LogP contribution in [0.5, 0.6) is 5.75 Å². The number of benzene rings is 1. The van der Waals surface area contributed by atoms with Gasteiger partial charge in [-0.15, -0.1) is 10.8 Å². The summed E-state index contributed by atoms with van der Waals surface area (Å²) >= 11 is 0. The number of pyridine rings is 1. The number of hydrogen-bond acceptors (Lipinski definition) is 8. The molecule has 1 fully saturated rings. The molecular weight excluding hydrogens is 463 g/mol. The van der Waals surface area contributed by atoms with Gasteiger partial charge in [0.2, 0.25) is 5.96 Å². The van der Waals surface area contributed by atoms with E-state index in [4.69, 9.17) is 5.73 Å². The lowest BCUT2D eigenvalue weighted by Crippen LogP contribution is -2.55. The molecule has 0 unspecified atom stereocenters. The molecule has 0 bridgehead atoms. The standard InChI is InChI=1S/C20H22F3N5O4S/c1-19(20(7-8-20)33(30,31)28(2)18(24)27-19)13-9-11(3-5-14(13)21)26-16(29)15-6-4-12(10-25-15)32-17(22)23/h3-6,9-10,17,30-31H,7-8H2,1-2H3,(H2,24,27)(H,26,29)/t19-/m1/s1. The molecule has 1 aliphatic heterocycles. The molecule has 1 aromatic heterocycles. The highest BCUT2D eigenvalue weighted by molar-refractivity contribution is 8.24. The number of aliphatic imine (C=N–C) groups is 1. The molecule has 1 saturated carbocycles. The highest BCUT2D eigenvalue weighted by Crippen LogP contribution is 2.76. The summed E-state index contributed by atoms with van der Waals surface area (Å²) in [7, 11) is -1.97. The number of anilines is 1. The third-order valence-electron chi connectivity index (χ3n) is 6.10. The smallest absolute Gasteiger partial charge is 0.387 e. The Kier molecular flexibility index (Phi) is 5.46. The second kappa shape index (κ2) is 7.78. The molecule has 4 rings (SSSR count). The van der Waals surface area contributed by atoms with Crippen LogP contribution in [0.1, 0.15) is 35.8 Å². The molecule has 2 aromatic rings. The molecule has 9 nitrogen and oxygen atoms in total. The van der Waals surface area contributed by atoms with Crippen LogP contribution in [0.25, 0.3) is 0 Å². The van der Waals surface area contributed by atoms with Crippen LogP contribution in [-0.2, 0) is 5.54 Å².